The van der Waals surface area contributed by atoms with Crippen molar-refractivity contribution in [1.29, 1.82) is 5.41 Å². The number of rotatable bonds is 9. The highest BCUT2D eigenvalue weighted by Gasteiger charge is 2.26. The minimum Gasteiger partial charge on any atom is -0.497 e. The zero-order valence-corrected chi connectivity index (χ0v) is 22.0. The number of para-hydroxylation sites is 2. The van der Waals surface area contributed by atoms with E-state index in [0.29, 0.717) is 17.1 Å². The maximum Gasteiger partial charge on any atom is 0.152 e. The molecule has 40 heavy (non-hydrogen) atoms. The number of aliphatic imine (C=N–C) groups is 1. The van der Waals surface area contributed by atoms with Crippen molar-refractivity contribution in [1.82, 2.24) is 9.97 Å². The van der Waals surface area contributed by atoms with Gasteiger partial charge in [-0.3, -0.25) is 10.2 Å². The molecule has 1 unspecified atom stereocenters. The van der Waals surface area contributed by atoms with Crippen LogP contribution >= 0.6 is 0 Å². The quantitative estimate of drug-likeness (QED) is 0.150. The van der Waals surface area contributed by atoms with Gasteiger partial charge in [0.15, 0.2) is 6.29 Å². The first-order valence-electron chi connectivity index (χ1n) is 12.2. The van der Waals surface area contributed by atoms with E-state index in [9.17, 15) is 13.6 Å². The number of nitrogens with two attached hydrogens (primary N) is 1. The Morgan fingerprint density at radius 3 is 2.38 bits per heavy atom. The molecule has 0 aliphatic rings. The Bertz CT molecular complexity index is 1560. The summed E-state index contributed by atoms with van der Waals surface area (Å²) < 4.78 is 34.7. The van der Waals surface area contributed by atoms with Crippen LogP contribution in [-0.2, 0) is 0 Å². The van der Waals surface area contributed by atoms with Crippen molar-refractivity contribution < 1.29 is 18.3 Å². The third-order valence-electron chi connectivity index (χ3n) is 6.15. The molecular formula is C29H27F2N7O2. The van der Waals surface area contributed by atoms with E-state index >= 15 is 0 Å². The molecule has 1 heterocycles. The highest BCUT2D eigenvalue weighted by molar-refractivity contribution is 6.17. The highest BCUT2D eigenvalue weighted by Crippen LogP contribution is 2.28. The molecule has 0 aliphatic heterocycles. The van der Waals surface area contributed by atoms with Crippen molar-refractivity contribution in [3.05, 3.63) is 101 Å². The van der Waals surface area contributed by atoms with Crippen molar-refractivity contribution in [2.75, 3.05) is 30.1 Å². The predicted molar refractivity (Wildman–Crippen MR) is 152 cm³/mol. The third kappa shape index (κ3) is 5.78. The molecule has 0 radical (unpaired) electrons. The number of ether oxygens (including phenoxy) is 1. The largest absolute Gasteiger partial charge is 0.497 e. The SMILES string of the molecule is COc1cc(F)c(C(=N)c2c(N)ncnc2NC(C)C(=Nc2ccccc2C=O)N(C)c2ccccc2)c(F)c1. The number of anilines is 3. The molecule has 4 aromatic rings. The van der Waals surface area contributed by atoms with Gasteiger partial charge >= 0.3 is 0 Å². The first-order chi connectivity index (χ1) is 19.2. The minimum atomic E-state index is -0.999. The van der Waals surface area contributed by atoms with Crippen LogP contribution in [-0.4, -0.2) is 48.0 Å². The van der Waals surface area contributed by atoms with Crippen LogP contribution in [0.3, 0.4) is 0 Å². The van der Waals surface area contributed by atoms with Crippen molar-refractivity contribution in [2.24, 2.45) is 4.99 Å². The summed E-state index contributed by atoms with van der Waals surface area (Å²) in [7, 11) is 3.10. The van der Waals surface area contributed by atoms with Gasteiger partial charge in [-0.1, -0.05) is 30.3 Å². The van der Waals surface area contributed by atoms with Crippen LogP contribution in [0.15, 0.2) is 78.0 Å². The second-order valence-electron chi connectivity index (χ2n) is 8.73. The molecule has 0 amide bonds. The Morgan fingerprint density at radius 2 is 1.73 bits per heavy atom. The normalized spacial score (nSPS) is 12.0. The Morgan fingerprint density at radius 1 is 1.07 bits per heavy atom. The summed E-state index contributed by atoms with van der Waals surface area (Å²) in [5.41, 5.74) is 6.51. The smallest absolute Gasteiger partial charge is 0.152 e. The van der Waals surface area contributed by atoms with Gasteiger partial charge < -0.3 is 20.7 Å². The molecule has 0 aliphatic carbocycles. The number of hydrogen-bond donors (Lipinski definition) is 3. The lowest BCUT2D eigenvalue weighted by atomic mass is 10.0. The summed E-state index contributed by atoms with van der Waals surface area (Å²) >= 11 is 0. The van der Waals surface area contributed by atoms with Gasteiger partial charge in [0.2, 0.25) is 0 Å². The topological polar surface area (TPSA) is 130 Å². The fraction of sp³-hybridized carbons (Fsp3) is 0.138. The Balaban J connectivity index is 1.78. The van der Waals surface area contributed by atoms with E-state index in [2.05, 4.69) is 15.3 Å². The standard InChI is InChI=1S/C29H27F2N7O2/c1-17(29(38(2)19-10-5-4-6-11-19)37-23-12-8-7-9-18(23)15-39)36-28-25(27(33)34-16-35-28)26(32)24-21(30)13-20(40-3)14-22(24)31/h4-17,32H,1-3H3,(H3,33,34,35,36). The van der Waals surface area contributed by atoms with E-state index in [0.717, 1.165) is 24.1 Å². The van der Waals surface area contributed by atoms with E-state index in [1.165, 1.54) is 13.4 Å². The van der Waals surface area contributed by atoms with Gasteiger partial charge in [0.25, 0.3) is 0 Å². The number of hydrogen-bond acceptors (Lipinski definition) is 8. The molecule has 0 fully saturated rings. The van der Waals surface area contributed by atoms with Crippen LogP contribution in [0.1, 0.15) is 28.4 Å². The maximum atomic E-state index is 14.9. The van der Waals surface area contributed by atoms with Crippen molar-refractivity contribution in [2.45, 2.75) is 13.0 Å². The predicted octanol–water partition coefficient (Wildman–Crippen LogP) is 5.24. The summed E-state index contributed by atoms with van der Waals surface area (Å²) in [6.45, 7) is 1.79. The van der Waals surface area contributed by atoms with Gasteiger partial charge in [-0.15, -0.1) is 0 Å². The third-order valence-corrected chi connectivity index (χ3v) is 6.15. The van der Waals surface area contributed by atoms with Gasteiger partial charge in [0.05, 0.1) is 35.7 Å². The lowest BCUT2D eigenvalue weighted by Crippen LogP contribution is -2.40. The number of nitrogen functional groups attached to an aromatic ring is 1. The average molecular weight is 544 g/mol. The monoisotopic (exact) mass is 543 g/mol. The molecule has 9 nitrogen and oxygen atoms in total. The number of likely N-dealkylation sites (N-methyl/N-ethyl adjacent to an activating group) is 1. The molecule has 0 spiro atoms. The number of aldehydes is 1. The van der Waals surface area contributed by atoms with Gasteiger partial charge in [-0.05, 0) is 31.2 Å². The van der Waals surface area contributed by atoms with Crippen molar-refractivity contribution in [3.8, 4) is 5.75 Å². The fourth-order valence-corrected chi connectivity index (χ4v) is 4.11. The first kappa shape index (κ1) is 27.8. The molecule has 4 N–H and O–H groups in total. The van der Waals surface area contributed by atoms with E-state index in [1.54, 1.807) is 31.2 Å². The number of nitrogens with zero attached hydrogens (tertiary/aromatic N) is 4. The van der Waals surface area contributed by atoms with Crippen LogP contribution in [0.2, 0.25) is 0 Å². The molecule has 4 rings (SSSR count). The number of carbonyl (C=O) groups is 1. The average Bonchev–Trinajstić information content (AvgIpc) is 2.95. The molecule has 1 aromatic heterocycles. The van der Waals surface area contributed by atoms with E-state index in [-0.39, 0.29) is 22.9 Å². The second-order valence-corrected chi connectivity index (χ2v) is 8.73. The number of amidine groups is 1. The van der Waals surface area contributed by atoms with Crippen LogP contribution in [0.4, 0.5) is 31.8 Å². The lowest BCUT2D eigenvalue weighted by Gasteiger charge is -2.28. The van der Waals surface area contributed by atoms with Crippen LogP contribution in [0.5, 0.6) is 5.75 Å². The van der Waals surface area contributed by atoms with Crippen molar-refractivity contribution >= 4 is 40.8 Å². The summed E-state index contributed by atoms with van der Waals surface area (Å²) in [6.07, 6.45) is 1.90. The van der Waals surface area contributed by atoms with Crippen LogP contribution in [0, 0.1) is 17.0 Å². The Hall–Kier alpha value is -5.19. The molecule has 1 atom stereocenters. The number of benzene rings is 3. The summed E-state index contributed by atoms with van der Waals surface area (Å²) in [4.78, 5) is 26.5. The zero-order valence-electron chi connectivity index (χ0n) is 22.0. The maximum absolute atomic E-state index is 14.9. The van der Waals surface area contributed by atoms with Crippen LogP contribution < -0.4 is 20.7 Å². The summed E-state index contributed by atoms with van der Waals surface area (Å²) in [5, 5.41) is 11.8. The number of aromatic nitrogens is 2. The van der Waals surface area contributed by atoms with E-state index < -0.39 is 29.0 Å². The number of carbonyl (C=O) groups excluding carboxylic acids is 1. The molecule has 3 aromatic carbocycles. The van der Waals surface area contributed by atoms with Gasteiger partial charge in [0, 0.05) is 30.4 Å². The molecule has 11 heteroatoms. The van der Waals surface area contributed by atoms with E-state index in [4.69, 9.17) is 20.9 Å². The molecule has 0 saturated heterocycles. The van der Waals surface area contributed by atoms with Crippen LogP contribution in [0.25, 0.3) is 0 Å². The zero-order chi connectivity index (χ0) is 28.8. The van der Waals surface area contributed by atoms with Gasteiger partial charge in [-0.25, -0.2) is 23.7 Å². The lowest BCUT2D eigenvalue weighted by molar-refractivity contribution is 0.112. The Kier molecular flexibility index (Phi) is 8.43. The second kappa shape index (κ2) is 12.1. The molecular weight excluding hydrogens is 516 g/mol. The number of methoxy groups -OCH3 is 1. The number of nitrogens with one attached hydrogen (secondary N) is 2. The summed E-state index contributed by atoms with van der Waals surface area (Å²) in [5.74, 6) is -1.63. The van der Waals surface area contributed by atoms with E-state index in [1.807, 2.05) is 42.3 Å². The molecule has 204 valence electrons. The number of halogens is 2. The van der Waals surface area contributed by atoms with Gasteiger partial charge in [-0.2, -0.15) is 0 Å². The summed E-state index contributed by atoms with van der Waals surface area (Å²) in [6, 6.07) is 17.7. The van der Waals surface area contributed by atoms with Crippen molar-refractivity contribution in [3.63, 3.8) is 0 Å². The first-order valence-corrected chi connectivity index (χ1v) is 12.2. The fourth-order valence-electron chi connectivity index (χ4n) is 4.11. The molecule has 0 bridgehead atoms. The Labute approximate surface area is 229 Å². The highest BCUT2D eigenvalue weighted by atomic mass is 19.1. The van der Waals surface area contributed by atoms with Gasteiger partial charge in [0.1, 0.15) is 41.2 Å². The minimum absolute atomic E-state index is 0.0313. The molecule has 0 saturated carbocycles.